The summed E-state index contributed by atoms with van der Waals surface area (Å²) < 4.78 is 10.9. The summed E-state index contributed by atoms with van der Waals surface area (Å²) in [6.07, 6.45) is 3.82. The topological polar surface area (TPSA) is 114 Å². The molecule has 0 atom stereocenters. The Labute approximate surface area is 218 Å². The van der Waals surface area contributed by atoms with Crippen LogP contribution in [-0.4, -0.2) is 47.3 Å². The molecule has 0 amide bonds. The highest BCUT2D eigenvalue weighted by molar-refractivity contribution is 7.12. The maximum atomic E-state index is 12.3. The lowest BCUT2D eigenvalue weighted by Crippen LogP contribution is -2.21. The Morgan fingerprint density at radius 1 is 1.00 bits per heavy atom. The van der Waals surface area contributed by atoms with Crippen molar-refractivity contribution in [1.29, 1.82) is 0 Å². The van der Waals surface area contributed by atoms with E-state index in [0.29, 0.717) is 34.2 Å². The second-order valence-electron chi connectivity index (χ2n) is 8.11. The second kappa shape index (κ2) is 11.5. The van der Waals surface area contributed by atoms with Crippen LogP contribution in [0.5, 0.6) is 11.5 Å². The number of esters is 1. The standard InChI is InChI=1S/C26H25N7O3S/c1-35-21-16-18(11-12-20(21)36-23(34)22-10-7-15-37-22)17-27-32-25-29-24(28-19-8-3-2-4-9-19)30-26(31-25)33-13-5-6-14-33/h2-4,7-12,15-17H,5-6,13-14H2,1H3,(H2,28,29,30,31,32). The first kappa shape index (κ1) is 24.2. The lowest BCUT2D eigenvalue weighted by molar-refractivity contribution is 0.0735. The fraction of sp³-hybridized carbons (Fsp3) is 0.192. The molecule has 2 aromatic heterocycles. The fourth-order valence-corrected chi connectivity index (χ4v) is 4.34. The molecule has 1 aliphatic heterocycles. The first-order valence-corrected chi connectivity index (χ1v) is 12.6. The Bertz CT molecular complexity index is 1370. The summed E-state index contributed by atoms with van der Waals surface area (Å²) in [5.41, 5.74) is 4.51. The number of para-hydroxylation sites is 1. The Hall–Kier alpha value is -4.51. The molecule has 10 nitrogen and oxygen atoms in total. The van der Waals surface area contributed by atoms with Crippen molar-refractivity contribution >= 4 is 47.1 Å². The van der Waals surface area contributed by atoms with Gasteiger partial charge in [-0.15, -0.1) is 11.3 Å². The highest BCUT2D eigenvalue weighted by atomic mass is 32.1. The molecule has 3 heterocycles. The fourth-order valence-electron chi connectivity index (χ4n) is 3.74. The van der Waals surface area contributed by atoms with Crippen LogP contribution in [0, 0.1) is 0 Å². The number of rotatable bonds is 9. The van der Waals surface area contributed by atoms with E-state index in [1.807, 2.05) is 35.7 Å². The first-order valence-electron chi connectivity index (χ1n) is 11.7. The predicted octanol–water partition coefficient (Wildman–Crippen LogP) is 4.95. The zero-order valence-electron chi connectivity index (χ0n) is 20.1. The average Bonchev–Trinajstić information content (AvgIpc) is 3.65. The third-order valence-electron chi connectivity index (χ3n) is 5.53. The number of anilines is 4. The number of ether oxygens (including phenoxy) is 2. The third kappa shape index (κ3) is 6.19. The minimum atomic E-state index is -0.431. The van der Waals surface area contributed by atoms with E-state index in [4.69, 9.17) is 9.47 Å². The molecule has 0 saturated carbocycles. The van der Waals surface area contributed by atoms with Crippen molar-refractivity contribution in [3.63, 3.8) is 0 Å². The molecular formula is C26H25N7O3S. The molecule has 11 heteroatoms. The van der Waals surface area contributed by atoms with E-state index >= 15 is 0 Å². The number of nitrogens with zero attached hydrogens (tertiary/aromatic N) is 5. The van der Waals surface area contributed by atoms with Crippen LogP contribution in [0.1, 0.15) is 28.1 Å². The van der Waals surface area contributed by atoms with E-state index in [0.717, 1.165) is 37.2 Å². The lowest BCUT2D eigenvalue weighted by Gasteiger charge is -2.16. The van der Waals surface area contributed by atoms with Gasteiger partial charge >= 0.3 is 5.97 Å². The first-order chi connectivity index (χ1) is 18.2. The van der Waals surface area contributed by atoms with Gasteiger partial charge < -0.3 is 19.7 Å². The van der Waals surface area contributed by atoms with Gasteiger partial charge in [-0.1, -0.05) is 24.3 Å². The van der Waals surface area contributed by atoms with E-state index in [1.54, 1.807) is 36.5 Å². The van der Waals surface area contributed by atoms with Gasteiger partial charge in [0.2, 0.25) is 17.8 Å². The molecule has 0 bridgehead atoms. The minimum absolute atomic E-state index is 0.319. The van der Waals surface area contributed by atoms with Crippen LogP contribution in [0.25, 0.3) is 0 Å². The van der Waals surface area contributed by atoms with Crippen LogP contribution in [0.4, 0.5) is 23.5 Å². The van der Waals surface area contributed by atoms with Gasteiger partial charge in [-0.25, -0.2) is 10.2 Å². The van der Waals surface area contributed by atoms with E-state index in [9.17, 15) is 4.79 Å². The number of hydrazone groups is 1. The van der Waals surface area contributed by atoms with Gasteiger partial charge in [0.25, 0.3) is 0 Å². The van der Waals surface area contributed by atoms with Gasteiger partial charge in [-0.3, -0.25) is 0 Å². The minimum Gasteiger partial charge on any atom is -0.493 e. The Morgan fingerprint density at radius 2 is 1.81 bits per heavy atom. The number of carbonyl (C=O) groups excluding carboxylic acids is 1. The summed E-state index contributed by atoms with van der Waals surface area (Å²) in [6.45, 7) is 1.81. The molecule has 0 unspecified atom stereocenters. The number of aromatic nitrogens is 3. The monoisotopic (exact) mass is 515 g/mol. The van der Waals surface area contributed by atoms with Gasteiger partial charge in [0.1, 0.15) is 4.88 Å². The van der Waals surface area contributed by atoms with E-state index < -0.39 is 5.97 Å². The number of benzene rings is 2. The van der Waals surface area contributed by atoms with Crippen molar-refractivity contribution in [3.8, 4) is 11.5 Å². The molecular weight excluding hydrogens is 490 g/mol. The molecule has 4 aromatic rings. The lowest BCUT2D eigenvalue weighted by atomic mass is 10.2. The van der Waals surface area contributed by atoms with Crippen molar-refractivity contribution in [3.05, 3.63) is 76.5 Å². The van der Waals surface area contributed by atoms with Crippen LogP contribution in [-0.2, 0) is 0 Å². The quantitative estimate of drug-likeness (QED) is 0.138. The van der Waals surface area contributed by atoms with E-state index in [1.165, 1.54) is 18.4 Å². The van der Waals surface area contributed by atoms with Crippen LogP contribution < -0.4 is 25.1 Å². The highest BCUT2D eigenvalue weighted by Gasteiger charge is 2.18. The van der Waals surface area contributed by atoms with Crippen LogP contribution in [0.3, 0.4) is 0 Å². The average molecular weight is 516 g/mol. The number of hydrogen-bond acceptors (Lipinski definition) is 11. The number of thiophene rings is 1. The molecule has 0 aliphatic carbocycles. The molecule has 37 heavy (non-hydrogen) atoms. The maximum Gasteiger partial charge on any atom is 0.353 e. The normalized spacial score (nSPS) is 13.1. The summed E-state index contributed by atoms with van der Waals surface area (Å²) in [6, 6.07) is 18.4. The zero-order valence-corrected chi connectivity index (χ0v) is 20.9. The Kier molecular flexibility index (Phi) is 7.51. The van der Waals surface area contributed by atoms with Crippen molar-refractivity contribution < 1.29 is 14.3 Å². The van der Waals surface area contributed by atoms with Gasteiger partial charge in [-0.05, 0) is 60.2 Å². The molecule has 2 aromatic carbocycles. The SMILES string of the molecule is COc1cc(C=NNc2nc(Nc3ccccc3)nc(N3CCCC3)n2)ccc1OC(=O)c1cccs1. The molecule has 2 N–H and O–H groups in total. The number of methoxy groups -OCH3 is 1. The summed E-state index contributed by atoms with van der Waals surface area (Å²) in [4.78, 5) is 28.6. The third-order valence-corrected chi connectivity index (χ3v) is 6.38. The van der Waals surface area contributed by atoms with E-state index in [-0.39, 0.29) is 0 Å². The van der Waals surface area contributed by atoms with E-state index in [2.05, 4.69) is 35.7 Å². The van der Waals surface area contributed by atoms with Crippen LogP contribution >= 0.6 is 11.3 Å². The predicted molar refractivity (Wildman–Crippen MR) is 144 cm³/mol. The summed E-state index contributed by atoms with van der Waals surface area (Å²) in [7, 11) is 1.52. The highest BCUT2D eigenvalue weighted by Crippen LogP contribution is 2.29. The summed E-state index contributed by atoms with van der Waals surface area (Å²) >= 11 is 1.32. The smallest absolute Gasteiger partial charge is 0.353 e. The molecule has 188 valence electrons. The van der Waals surface area contributed by atoms with Crippen molar-refractivity contribution in [2.24, 2.45) is 5.10 Å². The van der Waals surface area contributed by atoms with Crippen LogP contribution in [0.2, 0.25) is 0 Å². The molecule has 5 rings (SSSR count). The zero-order chi connectivity index (χ0) is 25.5. The summed E-state index contributed by atoms with van der Waals surface area (Å²) in [5.74, 6) is 1.66. The largest absolute Gasteiger partial charge is 0.493 e. The van der Waals surface area contributed by atoms with Gasteiger partial charge in [-0.2, -0.15) is 20.1 Å². The van der Waals surface area contributed by atoms with Gasteiger partial charge in [0.15, 0.2) is 11.5 Å². The van der Waals surface area contributed by atoms with Crippen molar-refractivity contribution in [1.82, 2.24) is 15.0 Å². The Balaban J connectivity index is 1.31. The molecule has 1 aliphatic rings. The molecule has 0 spiro atoms. The summed E-state index contributed by atoms with van der Waals surface area (Å²) in [5, 5.41) is 9.34. The van der Waals surface area contributed by atoms with Gasteiger partial charge in [0.05, 0.1) is 13.3 Å². The maximum absolute atomic E-state index is 12.3. The molecule has 0 radical (unpaired) electrons. The number of carbonyl (C=O) groups is 1. The Morgan fingerprint density at radius 3 is 2.57 bits per heavy atom. The number of hydrogen-bond donors (Lipinski definition) is 2. The molecule has 1 fully saturated rings. The van der Waals surface area contributed by atoms with Crippen molar-refractivity contribution in [2.75, 3.05) is 35.8 Å². The second-order valence-corrected chi connectivity index (χ2v) is 9.06. The van der Waals surface area contributed by atoms with Crippen LogP contribution in [0.15, 0.2) is 71.1 Å². The molecule has 1 saturated heterocycles. The van der Waals surface area contributed by atoms with Crippen molar-refractivity contribution in [2.45, 2.75) is 12.8 Å². The number of nitrogens with one attached hydrogen (secondary N) is 2. The van der Waals surface area contributed by atoms with Gasteiger partial charge in [0, 0.05) is 18.8 Å².